The van der Waals surface area contributed by atoms with Gasteiger partial charge in [0.05, 0.1) is 23.9 Å². The average Bonchev–Trinajstić information content (AvgIpc) is 2.96. The molecule has 1 atom stereocenters. The Bertz CT molecular complexity index is 959. The number of likely N-dealkylation sites (tertiary alicyclic amines) is 1. The Balaban J connectivity index is 1.65. The van der Waals surface area contributed by atoms with E-state index in [1.807, 2.05) is 24.4 Å². The van der Waals surface area contributed by atoms with Crippen molar-refractivity contribution in [3.05, 3.63) is 42.1 Å². The van der Waals surface area contributed by atoms with Gasteiger partial charge in [-0.3, -0.25) is 4.79 Å². The zero-order chi connectivity index (χ0) is 17.4. The number of amides is 1. The molecule has 1 saturated heterocycles. The van der Waals surface area contributed by atoms with Crippen LogP contribution in [0.2, 0.25) is 0 Å². The third-order valence-electron chi connectivity index (χ3n) is 4.53. The zero-order valence-electron chi connectivity index (χ0n) is 13.2. The highest BCUT2D eigenvalue weighted by atomic mass is 16.5. The largest absolute Gasteiger partial charge is 0.457 e. The highest BCUT2D eigenvalue weighted by molar-refractivity contribution is 5.90. The van der Waals surface area contributed by atoms with E-state index in [4.69, 9.17) is 15.3 Å². The summed E-state index contributed by atoms with van der Waals surface area (Å²) in [5, 5.41) is 21.2. The number of nitrogens with one attached hydrogen (secondary N) is 1. The van der Waals surface area contributed by atoms with Crippen LogP contribution in [0.4, 0.5) is 5.69 Å². The first-order valence-electron chi connectivity index (χ1n) is 7.80. The van der Waals surface area contributed by atoms with Gasteiger partial charge in [-0.25, -0.2) is 9.88 Å². The van der Waals surface area contributed by atoms with Gasteiger partial charge >= 0.3 is 0 Å². The van der Waals surface area contributed by atoms with E-state index < -0.39 is 5.60 Å². The summed E-state index contributed by atoms with van der Waals surface area (Å²) in [6, 6.07) is 11.3. The van der Waals surface area contributed by atoms with Crippen LogP contribution < -0.4 is 10.1 Å². The molecule has 4 rings (SSSR count). The molecule has 0 aliphatic carbocycles. The van der Waals surface area contributed by atoms with Crippen molar-refractivity contribution < 1.29 is 9.53 Å². The minimum absolute atomic E-state index is 0.292. The number of rotatable bonds is 1. The molecule has 1 spiro atoms. The second kappa shape index (κ2) is 5.50. The standard InChI is InChI=1S/C18H13N5O2/c19-8-12-2-1-3-13(6-12)14-7-15-16(21-9-14)25-18(10-22-15)4-5-23(11-20)17(18)24/h1-3,6-7,9,22H,4-5,10H2. The van der Waals surface area contributed by atoms with Crippen molar-refractivity contribution in [3.8, 4) is 29.3 Å². The minimum Gasteiger partial charge on any atom is -0.457 e. The molecular formula is C18H13N5O2. The predicted molar refractivity (Wildman–Crippen MR) is 88.2 cm³/mol. The lowest BCUT2D eigenvalue weighted by molar-refractivity contribution is -0.138. The molecule has 7 nitrogen and oxygen atoms in total. The van der Waals surface area contributed by atoms with Crippen LogP contribution in [0, 0.1) is 22.8 Å². The number of carbonyl (C=O) groups is 1. The van der Waals surface area contributed by atoms with E-state index in [2.05, 4.69) is 16.4 Å². The monoisotopic (exact) mass is 331 g/mol. The van der Waals surface area contributed by atoms with Gasteiger partial charge in [-0.05, 0) is 23.8 Å². The number of fused-ring (bicyclic) bond motifs is 1. The van der Waals surface area contributed by atoms with Gasteiger partial charge in [0.25, 0.3) is 5.91 Å². The van der Waals surface area contributed by atoms with Gasteiger partial charge in [-0.1, -0.05) is 12.1 Å². The number of ether oxygens (including phenoxy) is 1. The third kappa shape index (κ3) is 2.34. The number of hydrogen-bond donors (Lipinski definition) is 1. The van der Waals surface area contributed by atoms with Crippen LogP contribution in [0.3, 0.4) is 0 Å². The highest BCUT2D eigenvalue weighted by Gasteiger charge is 2.51. The van der Waals surface area contributed by atoms with Crippen molar-refractivity contribution >= 4 is 11.6 Å². The number of anilines is 1. The van der Waals surface area contributed by atoms with Crippen molar-refractivity contribution in [2.24, 2.45) is 0 Å². The van der Waals surface area contributed by atoms with Crippen molar-refractivity contribution in [2.75, 3.05) is 18.4 Å². The SMILES string of the molecule is N#Cc1cccc(-c2cnc3c(c2)NCC2(CCN(C#N)C2=O)O3)c1. The first-order chi connectivity index (χ1) is 12.1. The molecule has 0 radical (unpaired) electrons. The Morgan fingerprint density at radius 3 is 2.92 bits per heavy atom. The van der Waals surface area contributed by atoms with E-state index >= 15 is 0 Å². The molecule has 1 N–H and O–H groups in total. The molecule has 7 heteroatoms. The molecule has 3 heterocycles. The van der Waals surface area contributed by atoms with E-state index in [0.717, 1.165) is 16.0 Å². The quantitative estimate of drug-likeness (QED) is 0.801. The summed E-state index contributed by atoms with van der Waals surface area (Å²) in [4.78, 5) is 17.8. The van der Waals surface area contributed by atoms with Gasteiger partial charge < -0.3 is 10.1 Å². The summed E-state index contributed by atoms with van der Waals surface area (Å²) in [6.45, 7) is 0.645. The second-order valence-electron chi connectivity index (χ2n) is 6.03. The number of aromatic nitrogens is 1. The summed E-state index contributed by atoms with van der Waals surface area (Å²) < 4.78 is 5.89. The van der Waals surface area contributed by atoms with Crippen LogP contribution in [0.5, 0.6) is 5.88 Å². The van der Waals surface area contributed by atoms with Crippen LogP contribution in [-0.4, -0.2) is 34.5 Å². The first-order valence-corrected chi connectivity index (χ1v) is 7.80. The van der Waals surface area contributed by atoms with Crippen LogP contribution in [0.15, 0.2) is 36.5 Å². The first kappa shape index (κ1) is 15.0. The van der Waals surface area contributed by atoms with Crippen molar-refractivity contribution in [2.45, 2.75) is 12.0 Å². The Kier molecular flexibility index (Phi) is 3.29. The van der Waals surface area contributed by atoms with E-state index in [1.165, 1.54) is 0 Å². The summed E-state index contributed by atoms with van der Waals surface area (Å²) >= 11 is 0. The fourth-order valence-electron chi connectivity index (χ4n) is 3.15. The number of carbonyl (C=O) groups excluding carboxylic acids is 1. The van der Waals surface area contributed by atoms with Crippen molar-refractivity contribution in [3.63, 3.8) is 0 Å². The molecule has 2 aromatic rings. The normalized spacial score (nSPS) is 21.0. The van der Waals surface area contributed by atoms with Gasteiger partial charge in [-0.15, -0.1) is 0 Å². The topological polar surface area (TPSA) is 102 Å². The van der Waals surface area contributed by atoms with Gasteiger partial charge in [0.2, 0.25) is 11.5 Å². The number of pyridine rings is 1. The van der Waals surface area contributed by atoms with E-state index in [1.54, 1.807) is 18.3 Å². The molecule has 122 valence electrons. The Morgan fingerprint density at radius 1 is 1.28 bits per heavy atom. The van der Waals surface area contributed by atoms with Gasteiger partial charge in [-0.2, -0.15) is 10.5 Å². The Morgan fingerprint density at radius 2 is 2.16 bits per heavy atom. The summed E-state index contributed by atoms with van der Waals surface area (Å²) in [7, 11) is 0. The fourth-order valence-corrected chi connectivity index (χ4v) is 3.15. The van der Waals surface area contributed by atoms with Gasteiger partial charge in [0, 0.05) is 24.7 Å². The zero-order valence-corrected chi connectivity index (χ0v) is 13.2. The summed E-state index contributed by atoms with van der Waals surface area (Å²) in [5.74, 6) is 0.0142. The van der Waals surface area contributed by atoms with Crippen LogP contribution in [-0.2, 0) is 4.79 Å². The molecule has 0 saturated carbocycles. The minimum atomic E-state index is -1.06. The molecule has 2 aliphatic heterocycles. The lowest BCUT2D eigenvalue weighted by Crippen LogP contribution is -2.51. The number of nitrogens with zero attached hydrogens (tertiary/aromatic N) is 4. The predicted octanol–water partition coefficient (Wildman–Crippen LogP) is 1.88. The van der Waals surface area contributed by atoms with Crippen LogP contribution in [0.25, 0.3) is 11.1 Å². The average molecular weight is 331 g/mol. The molecule has 1 unspecified atom stereocenters. The summed E-state index contributed by atoms with van der Waals surface area (Å²) in [5.41, 5.74) is 1.93. The molecular weight excluding hydrogens is 318 g/mol. The second-order valence-corrected chi connectivity index (χ2v) is 6.03. The van der Waals surface area contributed by atoms with E-state index in [9.17, 15) is 4.79 Å². The molecule has 1 aromatic heterocycles. The van der Waals surface area contributed by atoms with Crippen molar-refractivity contribution in [1.82, 2.24) is 9.88 Å². The molecule has 25 heavy (non-hydrogen) atoms. The Labute approximate surface area is 144 Å². The molecule has 0 bridgehead atoms. The maximum atomic E-state index is 12.4. The number of benzene rings is 1. The lowest BCUT2D eigenvalue weighted by atomic mass is 9.99. The highest BCUT2D eigenvalue weighted by Crippen LogP contribution is 2.38. The molecule has 1 amide bonds. The number of hydrogen-bond acceptors (Lipinski definition) is 6. The van der Waals surface area contributed by atoms with Crippen LogP contribution in [0.1, 0.15) is 12.0 Å². The van der Waals surface area contributed by atoms with Crippen molar-refractivity contribution in [1.29, 1.82) is 10.5 Å². The molecule has 1 aromatic carbocycles. The molecule has 1 fully saturated rings. The maximum Gasteiger partial charge on any atom is 0.281 e. The lowest BCUT2D eigenvalue weighted by Gasteiger charge is -2.33. The summed E-state index contributed by atoms with van der Waals surface area (Å²) in [6.07, 6.45) is 3.97. The van der Waals surface area contributed by atoms with Gasteiger partial charge in [0.15, 0.2) is 6.19 Å². The van der Waals surface area contributed by atoms with Gasteiger partial charge in [0.1, 0.15) is 0 Å². The maximum absolute atomic E-state index is 12.4. The van der Waals surface area contributed by atoms with E-state index in [-0.39, 0.29) is 5.91 Å². The van der Waals surface area contributed by atoms with E-state index in [0.29, 0.717) is 36.6 Å². The van der Waals surface area contributed by atoms with Crippen LogP contribution >= 0.6 is 0 Å². The third-order valence-corrected chi connectivity index (χ3v) is 4.53. The smallest absolute Gasteiger partial charge is 0.281 e. The fraction of sp³-hybridized carbons (Fsp3) is 0.222. The number of nitriles is 2. The molecule has 2 aliphatic rings. The Hall–Kier alpha value is -3.58.